The lowest BCUT2D eigenvalue weighted by Gasteiger charge is -2.24. The number of benzene rings is 2. The molecule has 0 unspecified atom stereocenters. The van der Waals surface area contributed by atoms with E-state index in [2.05, 4.69) is 20.8 Å². The second-order valence-electron chi connectivity index (χ2n) is 6.35. The van der Waals surface area contributed by atoms with Crippen LogP contribution >= 0.6 is 23.2 Å². The molecule has 0 aliphatic rings. The minimum absolute atomic E-state index is 0.00668. The monoisotopic (exact) mass is 449 g/mol. The van der Waals surface area contributed by atoms with E-state index in [1.807, 2.05) is 18.2 Å². The van der Waals surface area contributed by atoms with Gasteiger partial charge in [0.2, 0.25) is 0 Å². The third-order valence-corrected chi connectivity index (χ3v) is 4.75. The first kappa shape index (κ1) is 21.7. The maximum absolute atomic E-state index is 12.3. The summed E-state index contributed by atoms with van der Waals surface area (Å²) in [5.74, 6) is -2.04. The molecule has 30 heavy (non-hydrogen) atoms. The standard InChI is InChI=1S/C19H17Cl2N5O4/c20-14-3-1-2-11(6-14)12-4-5-13(15(21)7-12)9-26(10-17(27)19(29)30)24-18(28)16-8-22-25-23-16/h1-8,17,27H,9-10H2,(H,24,28)(H,29,30)(H,22,23,25)/t17-/m1/s1. The Kier molecular flexibility index (Phi) is 7.01. The summed E-state index contributed by atoms with van der Waals surface area (Å²) in [7, 11) is 0. The normalized spacial score (nSPS) is 12.0. The van der Waals surface area contributed by atoms with Crippen molar-refractivity contribution < 1.29 is 19.8 Å². The quantitative estimate of drug-likeness (QED) is 0.388. The van der Waals surface area contributed by atoms with Crippen LogP contribution in [-0.4, -0.2) is 55.2 Å². The number of hydrogen-bond donors (Lipinski definition) is 4. The van der Waals surface area contributed by atoms with Crippen LogP contribution in [-0.2, 0) is 11.3 Å². The Hall–Kier alpha value is -2.98. The zero-order valence-corrected chi connectivity index (χ0v) is 16.9. The number of aliphatic hydroxyl groups is 1. The number of H-pyrrole nitrogens is 1. The van der Waals surface area contributed by atoms with Gasteiger partial charge in [-0.25, -0.2) is 9.80 Å². The molecule has 0 aliphatic heterocycles. The number of carbonyl (C=O) groups excluding carboxylic acids is 1. The summed E-state index contributed by atoms with van der Waals surface area (Å²) in [6, 6.07) is 12.6. The van der Waals surface area contributed by atoms with Crippen LogP contribution in [0.5, 0.6) is 0 Å². The summed E-state index contributed by atoms with van der Waals surface area (Å²) in [5, 5.41) is 30.4. The lowest BCUT2D eigenvalue weighted by atomic mass is 10.0. The number of carboxylic acids is 1. The summed E-state index contributed by atoms with van der Waals surface area (Å²) < 4.78 is 0. The highest BCUT2D eigenvalue weighted by atomic mass is 35.5. The minimum Gasteiger partial charge on any atom is -0.479 e. The van der Waals surface area contributed by atoms with Crippen LogP contribution in [0.4, 0.5) is 0 Å². The predicted octanol–water partition coefficient (Wildman–Crippen LogP) is 2.37. The lowest BCUT2D eigenvalue weighted by Crippen LogP contribution is -2.47. The molecule has 4 N–H and O–H groups in total. The largest absolute Gasteiger partial charge is 0.479 e. The molecule has 0 radical (unpaired) electrons. The van der Waals surface area contributed by atoms with Gasteiger partial charge < -0.3 is 10.2 Å². The Labute approximate surface area is 181 Å². The minimum atomic E-state index is -1.72. The summed E-state index contributed by atoms with van der Waals surface area (Å²) in [5.41, 5.74) is 4.85. The zero-order valence-electron chi connectivity index (χ0n) is 15.4. The van der Waals surface area contributed by atoms with Gasteiger partial charge in [0.05, 0.1) is 12.7 Å². The van der Waals surface area contributed by atoms with Crippen molar-refractivity contribution in [3.63, 3.8) is 0 Å². The van der Waals surface area contributed by atoms with Crippen LogP contribution < -0.4 is 5.43 Å². The van der Waals surface area contributed by atoms with Gasteiger partial charge in [0.15, 0.2) is 11.8 Å². The van der Waals surface area contributed by atoms with Crippen LogP contribution in [0, 0.1) is 0 Å². The maximum Gasteiger partial charge on any atom is 0.333 e. The van der Waals surface area contributed by atoms with Crippen molar-refractivity contribution in [3.8, 4) is 11.1 Å². The van der Waals surface area contributed by atoms with Gasteiger partial charge in [-0.05, 0) is 34.9 Å². The number of amides is 1. The molecule has 2 aromatic carbocycles. The van der Waals surface area contributed by atoms with E-state index >= 15 is 0 Å². The number of carboxylic acid groups (broad SMARTS) is 1. The number of rotatable bonds is 8. The van der Waals surface area contributed by atoms with Gasteiger partial charge in [0, 0.05) is 16.6 Å². The summed E-state index contributed by atoms with van der Waals surface area (Å²) in [6.07, 6.45) is -0.430. The van der Waals surface area contributed by atoms with Crippen LogP contribution in [0.2, 0.25) is 10.0 Å². The fourth-order valence-electron chi connectivity index (χ4n) is 2.68. The van der Waals surface area contributed by atoms with Gasteiger partial charge in [-0.2, -0.15) is 0 Å². The Morgan fingerprint density at radius 2 is 1.93 bits per heavy atom. The number of hydrogen-bond acceptors (Lipinski definition) is 6. The fourth-order valence-corrected chi connectivity index (χ4v) is 3.11. The molecule has 0 fully saturated rings. The van der Waals surface area contributed by atoms with E-state index in [9.17, 15) is 14.7 Å². The van der Waals surface area contributed by atoms with Gasteiger partial charge in [-0.3, -0.25) is 15.3 Å². The summed E-state index contributed by atoms with van der Waals surface area (Å²) in [6.45, 7) is -0.326. The summed E-state index contributed by atoms with van der Waals surface area (Å²) >= 11 is 12.5. The second-order valence-corrected chi connectivity index (χ2v) is 7.19. The van der Waals surface area contributed by atoms with Crippen molar-refractivity contribution in [2.24, 2.45) is 0 Å². The Morgan fingerprint density at radius 3 is 2.57 bits per heavy atom. The van der Waals surface area contributed by atoms with Gasteiger partial charge in [0.25, 0.3) is 5.91 Å². The molecule has 1 heterocycles. The Morgan fingerprint density at radius 1 is 1.17 bits per heavy atom. The molecule has 156 valence electrons. The van der Waals surface area contributed by atoms with Crippen LogP contribution in [0.15, 0.2) is 48.7 Å². The predicted molar refractivity (Wildman–Crippen MR) is 110 cm³/mol. The average Bonchev–Trinajstić information content (AvgIpc) is 3.24. The molecule has 1 aromatic heterocycles. The summed E-state index contributed by atoms with van der Waals surface area (Å²) in [4.78, 5) is 23.3. The molecule has 0 saturated heterocycles. The maximum atomic E-state index is 12.3. The molecule has 3 aromatic rings. The van der Waals surface area contributed by atoms with E-state index in [0.717, 1.165) is 11.1 Å². The van der Waals surface area contributed by atoms with Crippen molar-refractivity contribution in [3.05, 3.63) is 70.0 Å². The highest BCUT2D eigenvalue weighted by molar-refractivity contribution is 6.32. The van der Waals surface area contributed by atoms with E-state index in [1.54, 1.807) is 24.3 Å². The third-order valence-electron chi connectivity index (χ3n) is 4.16. The molecule has 0 bridgehead atoms. The zero-order chi connectivity index (χ0) is 21.7. The molecule has 0 spiro atoms. The van der Waals surface area contributed by atoms with Crippen molar-refractivity contribution >= 4 is 35.1 Å². The van der Waals surface area contributed by atoms with Crippen molar-refractivity contribution in [2.45, 2.75) is 12.6 Å². The Bertz CT molecular complexity index is 1050. The molecular weight excluding hydrogens is 433 g/mol. The van der Waals surface area contributed by atoms with Crippen LogP contribution in [0.1, 0.15) is 16.1 Å². The number of aromatic nitrogens is 3. The van der Waals surface area contributed by atoms with Gasteiger partial charge in [-0.1, -0.05) is 52.7 Å². The van der Waals surface area contributed by atoms with Gasteiger partial charge in [0.1, 0.15) is 0 Å². The van der Waals surface area contributed by atoms with Crippen LogP contribution in [0.3, 0.4) is 0 Å². The van der Waals surface area contributed by atoms with E-state index in [0.29, 0.717) is 15.6 Å². The number of carbonyl (C=O) groups is 2. The number of aliphatic hydroxyl groups excluding tert-OH is 1. The first-order valence-corrected chi connectivity index (χ1v) is 9.46. The molecule has 9 nitrogen and oxygen atoms in total. The molecule has 1 amide bonds. The van der Waals surface area contributed by atoms with E-state index in [-0.39, 0.29) is 18.8 Å². The molecule has 0 aliphatic carbocycles. The van der Waals surface area contributed by atoms with Crippen LogP contribution in [0.25, 0.3) is 11.1 Å². The number of halogens is 2. The van der Waals surface area contributed by atoms with E-state index in [4.69, 9.17) is 28.3 Å². The first-order valence-electron chi connectivity index (χ1n) is 8.71. The molecule has 3 rings (SSSR count). The number of nitrogens with one attached hydrogen (secondary N) is 2. The third kappa shape index (κ3) is 5.55. The second kappa shape index (κ2) is 9.68. The SMILES string of the molecule is O=C(NN(Cc1ccc(-c2cccc(Cl)c2)cc1Cl)C[C@@H](O)C(=O)O)c1c[nH]nn1. The highest BCUT2D eigenvalue weighted by Gasteiger charge is 2.22. The number of nitrogens with zero attached hydrogens (tertiary/aromatic N) is 3. The number of hydrazine groups is 1. The lowest BCUT2D eigenvalue weighted by molar-refractivity contribution is -0.148. The van der Waals surface area contributed by atoms with Gasteiger partial charge >= 0.3 is 5.97 Å². The highest BCUT2D eigenvalue weighted by Crippen LogP contribution is 2.28. The molecular formula is C19H17Cl2N5O4. The van der Waals surface area contributed by atoms with E-state index < -0.39 is 18.0 Å². The fraction of sp³-hybridized carbons (Fsp3) is 0.158. The number of aromatic amines is 1. The topological polar surface area (TPSA) is 131 Å². The number of aliphatic carboxylic acids is 1. The van der Waals surface area contributed by atoms with E-state index in [1.165, 1.54) is 11.2 Å². The molecule has 0 saturated carbocycles. The smallest absolute Gasteiger partial charge is 0.333 e. The van der Waals surface area contributed by atoms with Crippen molar-refractivity contribution in [1.29, 1.82) is 0 Å². The average molecular weight is 450 g/mol. The van der Waals surface area contributed by atoms with Crippen molar-refractivity contribution in [2.75, 3.05) is 6.54 Å². The first-order chi connectivity index (χ1) is 14.3. The Balaban J connectivity index is 1.80. The molecule has 1 atom stereocenters. The molecule has 11 heteroatoms. The van der Waals surface area contributed by atoms with Crippen molar-refractivity contribution in [1.82, 2.24) is 25.8 Å². The van der Waals surface area contributed by atoms with Gasteiger partial charge in [-0.15, -0.1) is 5.10 Å².